The van der Waals surface area contributed by atoms with Gasteiger partial charge >= 0.3 is 5.69 Å². The minimum absolute atomic E-state index is 0.0839. The van der Waals surface area contributed by atoms with Gasteiger partial charge in [0.25, 0.3) is 11.2 Å². The number of non-ortho nitro benzene ring substituents is 1. The fourth-order valence-electron chi connectivity index (χ4n) is 3.92. The molecule has 0 aliphatic carbocycles. The van der Waals surface area contributed by atoms with Gasteiger partial charge < -0.3 is 9.47 Å². The molecule has 0 saturated heterocycles. The van der Waals surface area contributed by atoms with Crippen molar-refractivity contribution < 1.29 is 19.3 Å². The van der Waals surface area contributed by atoms with Crippen molar-refractivity contribution >= 4 is 44.4 Å². The summed E-state index contributed by atoms with van der Waals surface area (Å²) in [7, 11) is 0. The summed E-state index contributed by atoms with van der Waals surface area (Å²) in [6, 6.07) is 13.7. The Morgan fingerprint density at radius 2 is 1.85 bits per heavy atom. The summed E-state index contributed by atoms with van der Waals surface area (Å²) >= 11 is 3.37. The number of ether oxygens (including phenoxy) is 2. The smallest absolute Gasteiger partial charge is 0.315 e. The molecule has 0 radical (unpaired) electrons. The number of nitro benzene ring substituents is 2. The molecule has 0 aliphatic heterocycles. The van der Waals surface area contributed by atoms with Crippen molar-refractivity contribution in [2.75, 3.05) is 6.61 Å². The number of hydrogen-bond acceptors (Lipinski definition) is 9. The summed E-state index contributed by atoms with van der Waals surface area (Å²) in [4.78, 5) is 39.8. The topological polar surface area (TPSA) is 152 Å². The molecule has 1 heterocycles. The molecular formula is C27H24BrN5O7. The lowest BCUT2D eigenvalue weighted by molar-refractivity contribution is -0.386. The van der Waals surface area contributed by atoms with Gasteiger partial charge in [0.05, 0.1) is 33.6 Å². The van der Waals surface area contributed by atoms with E-state index in [0.29, 0.717) is 26.8 Å². The van der Waals surface area contributed by atoms with Gasteiger partial charge in [-0.25, -0.2) is 4.98 Å². The zero-order valence-corrected chi connectivity index (χ0v) is 23.3. The van der Waals surface area contributed by atoms with E-state index in [9.17, 15) is 25.0 Å². The maximum atomic E-state index is 13.3. The van der Waals surface area contributed by atoms with Gasteiger partial charge in [-0.15, -0.1) is 0 Å². The molecule has 0 aliphatic rings. The van der Waals surface area contributed by atoms with Crippen LogP contribution in [0.1, 0.15) is 43.6 Å². The van der Waals surface area contributed by atoms with Crippen molar-refractivity contribution in [2.24, 2.45) is 5.10 Å². The van der Waals surface area contributed by atoms with Crippen LogP contribution in [-0.4, -0.2) is 32.3 Å². The van der Waals surface area contributed by atoms with Crippen LogP contribution in [0.4, 0.5) is 11.4 Å². The SMILES string of the molecule is CCOc1cc(C=Nn2c(C(C)C)nc3ccc(Br)cc3c2=O)cc([N+](=O)[O-])c1OCc1cccc([N+](=O)[O-])c1. The molecule has 4 aromatic rings. The molecule has 206 valence electrons. The Labute approximate surface area is 236 Å². The minimum atomic E-state index is -0.622. The van der Waals surface area contributed by atoms with Crippen LogP contribution in [0, 0.1) is 20.2 Å². The second-order valence-electron chi connectivity index (χ2n) is 8.92. The molecule has 13 heteroatoms. The van der Waals surface area contributed by atoms with Crippen molar-refractivity contribution in [3.8, 4) is 11.5 Å². The van der Waals surface area contributed by atoms with Crippen LogP contribution in [0.15, 0.2) is 69.0 Å². The van der Waals surface area contributed by atoms with Gasteiger partial charge in [-0.05, 0) is 36.8 Å². The fraction of sp³-hybridized carbons (Fsp3) is 0.222. The highest BCUT2D eigenvalue weighted by molar-refractivity contribution is 9.10. The van der Waals surface area contributed by atoms with Crippen LogP contribution < -0.4 is 15.0 Å². The third-order valence-corrected chi connectivity index (χ3v) is 6.22. The predicted octanol–water partition coefficient (Wildman–Crippen LogP) is 5.96. The first kappa shape index (κ1) is 28.4. The monoisotopic (exact) mass is 609 g/mol. The van der Waals surface area contributed by atoms with Crippen LogP contribution in [0.25, 0.3) is 10.9 Å². The zero-order chi connectivity index (χ0) is 29.0. The van der Waals surface area contributed by atoms with E-state index in [0.717, 1.165) is 0 Å². The van der Waals surface area contributed by atoms with Crippen LogP contribution in [0.5, 0.6) is 11.5 Å². The summed E-state index contributed by atoms with van der Waals surface area (Å²) in [5, 5.41) is 27.8. The van der Waals surface area contributed by atoms with E-state index < -0.39 is 15.5 Å². The number of aromatic nitrogens is 2. The normalized spacial score (nSPS) is 11.3. The lowest BCUT2D eigenvalue weighted by Crippen LogP contribution is -2.23. The minimum Gasteiger partial charge on any atom is -0.490 e. The second kappa shape index (κ2) is 12.0. The fourth-order valence-corrected chi connectivity index (χ4v) is 4.28. The number of fused-ring (bicyclic) bond motifs is 1. The summed E-state index contributed by atoms with van der Waals surface area (Å²) in [6.45, 7) is 5.49. The number of hydrogen-bond donors (Lipinski definition) is 0. The molecule has 0 spiro atoms. The Balaban J connectivity index is 1.76. The van der Waals surface area contributed by atoms with Gasteiger partial charge in [0.1, 0.15) is 12.4 Å². The lowest BCUT2D eigenvalue weighted by Gasteiger charge is -2.14. The molecule has 0 N–H and O–H groups in total. The zero-order valence-electron chi connectivity index (χ0n) is 21.7. The van der Waals surface area contributed by atoms with E-state index in [1.54, 1.807) is 31.2 Å². The molecule has 0 fully saturated rings. The molecule has 0 unspecified atom stereocenters. The molecule has 0 atom stereocenters. The van der Waals surface area contributed by atoms with Crippen LogP contribution in [0.2, 0.25) is 0 Å². The average Bonchev–Trinajstić information content (AvgIpc) is 2.92. The van der Waals surface area contributed by atoms with Crippen molar-refractivity contribution in [3.63, 3.8) is 0 Å². The largest absolute Gasteiger partial charge is 0.490 e. The third-order valence-electron chi connectivity index (χ3n) is 5.73. The van der Waals surface area contributed by atoms with Crippen LogP contribution in [-0.2, 0) is 6.61 Å². The molecule has 0 amide bonds. The Hall–Kier alpha value is -4.65. The lowest BCUT2D eigenvalue weighted by atomic mass is 10.1. The standard InChI is InChI=1S/C27H24BrN5O7/c1-4-39-24-12-18(11-23(33(37)38)25(24)40-15-17-6-5-7-20(10-17)32(35)36)14-29-31-26(16(2)3)30-22-9-8-19(28)13-21(22)27(31)34/h5-14,16H,4,15H2,1-3H3. The van der Waals surface area contributed by atoms with Crippen LogP contribution >= 0.6 is 15.9 Å². The molecule has 12 nitrogen and oxygen atoms in total. The molecule has 0 bridgehead atoms. The Bertz CT molecular complexity index is 1700. The number of rotatable bonds is 10. The van der Waals surface area contributed by atoms with Gasteiger partial charge in [0, 0.05) is 34.2 Å². The molecule has 0 saturated carbocycles. The van der Waals surface area contributed by atoms with Gasteiger partial charge in [-0.3, -0.25) is 25.0 Å². The molecular weight excluding hydrogens is 586 g/mol. The van der Waals surface area contributed by atoms with Gasteiger partial charge in [-0.1, -0.05) is 41.9 Å². The van der Waals surface area contributed by atoms with Gasteiger partial charge in [0.2, 0.25) is 5.75 Å². The second-order valence-corrected chi connectivity index (χ2v) is 9.84. The first-order valence-electron chi connectivity index (χ1n) is 12.2. The number of benzene rings is 3. The van der Waals surface area contributed by atoms with Crippen molar-refractivity contribution in [2.45, 2.75) is 33.3 Å². The van der Waals surface area contributed by atoms with E-state index in [4.69, 9.17) is 9.47 Å². The summed E-state index contributed by atoms with van der Waals surface area (Å²) in [6.07, 6.45) is 1.32. The number of nitro groups is 2. The van der Waals surface area contributed by atoms with Crippen molar-refractivity contribution in [1.82, 2.24) is 9.66 Å². The highest BCUT2D eigenvalue weighted by Gasteiger charge is 2.23. The first-order chi connectivity index (χ1) is 19.1. The Kier molecular flexibility index (Phi) is 8.53. The van der Waals surface area contributed by atoms with Crippen molar-refractivity contribution in [3.05, 3.63) is 107 Å². The Morgan fingerprint density at radius 3 is 2.52 bits per heavy atom. The molecule has 40 heavy (non-hydrogen) atoms. The predicted molar refractivity (Wildman–Crippen MR) is 152 cm³/mol. The van der Waals surface area contributed by atoms with Gasteiger partial charge in [-0.2, -0.15) is 9.78 Å². The summed E-state index contributed by atoms with van der Waals surface area (Å²) in [5.74, 6) is 0.233. The first-order valence-corrected chi connectivity index (χ1v) is 13.0. The third kappa shape index (κ3) is 6.15. The summed E-state index contributed by atoms with van der Waals surface area (Å²) in [5.41, 5.74) is 0.362. The number of halogens is 1. The van der Waals surface area contributed by atoms with Crippen molar-refractivity contribution in [1.29, 1.82) is 0 Å². The van der Waals surface area contributed by atoms with E-state index >= 15 is 0 Å². The molecule has 4 rings (SSSR count). The van der Waals surface area contributed by atoms with E-state index in [1.807, 2.05) is 13.8 Å². The van der Waals surface area contributed by atoms with Gasteiger partial charge in [0.15, 0.2) is 5.75 Å². The van der Waals surface area contributed by atoms with E-state index in [2.05, 4.69) is 26.0 Å². The quantitative estimate of drug-likeness (QED) is 0.121. The van der Waals surface area contributed by atoms with E-state index in [1.165, 1.54) is 41.2 Å². The average molecular weight is 610 g/mol. The maximum Gasteiger partial charge on any atom is 0.315 e. The van der Waals surface area contributed by atoms with E-state index in [-0.39, 0.29) is 47.4 Å². The highest BCUT2D eigenvalue weighted by atomic mass is 79.9. The summed E-state index contributed by atoms with van der Waals surface area (Å²) < 4.78 is 13.3. The molecule has 3 aromatic carbocycles. The number of nitrogens with zero attached hydrogens (tertiary/aromatic N) is 5. The van der Waals surface area contributed by atoms with Crippen LogP contribution in [0.3, 0.4) is 0 Å². The molecule has 1 aromatic heterocycles. The highest BCUT2D eigenvalue weighted by Crippen LogP contribution is 2.39. The Morgan fingerprint density at radius 1 is 1.07 bits per heavy atom. The maximum absolute atomic E-state index is 13.3.